The molecule has 2 N–H and O–H groups in total. The van der Waals surface area contributed by atoms with Crippen LogP contribution < -0.4 is 5.73 Å². The fourth-order valence-electron chi connectivity index (χ4n) is 1.79. The molecule has 2 aromatic rings. The highest BCUT2D eigenvalue weighted by atomic mass is 35.5. The Morgan fingerprint density at radius 1 is 0.944 bits per heavy atom. The van der Waals surface area contributed by atoms with Gasteiger partial charge in [-0.05, 0) is 41.8 Å². The van der Waals surface area contributed by atoms with Crippen LogP contribution in [0.15, 0.2) is 36.4 Å². The van der Waals surface area contributed by atoms with Crippen LogP contribution in [0.1, 0.15) is 22.7 Å². The van der Waals surface area contributed by atoms with Gasteiger partial charge in [0.15, 0.2) is 0 Å². The molecule has 0 bridgehead atoms. The monoisotopic (exact) mass is 299 g/mol. The smallest absolute Gasteiger partial charge is 0.0566 e. The second kappa shape index (κ2) is 5.50. The van der Waals surface area contributed by atoms with Gasteiger partial charge in [-0.25, -0.2) is 0 Å². The fourth-order valence-corrected chi connectivity index (χ4v) is 2.44. The van der Waals surface area contributed by atoms with Gasteiger partial charge < -0.3 is 5.73 Å². The van der Waals surface area contributed by atoms with Gasteiger partial charge >= 0.3 is 0 Å². The van der Waals surface area contributed by atoms with Crippen LogP contribution in [-0.2, 0) is 0 Å². The Balaban J connectivity index is 2.41. The second-order valence-corrected chi connectivity index (χ2v) is 5.40. The molecule has 0 radical (unpaired) electrons. The summed E-state index contributed by atoms with van der Waals surface area (Å²) in [6.07, 6.45) is 0. The molecular weight excluding hydrogens is 289 g/mol. The average molecular weight is 301 g/mol. The normalized spacial score (nSPS) is 12.5. The first-order chi connectivity index (χ1) is 8.49. The molecule has 0 saturated heterocycles. The van der Waals surface area contributed by atoms with Crippen molar-refractivity contribution >= 4 is 34.8 Å². The predicted molar refractivity (Wildman–Crippen MR) is 78.7 cm³/mol. The highest BCUT2D eigenvalue weighted by Crippen LogP contribution is 2.30. The van der Waals surface area contributed by atoms with E-state index in [1.807, 2.05) is 31.2 Å². The predicted octanol–water partition coefficient (Wildman–Crippen LogP) is 5.00. The van der Waals surface area contributed by atoms with Gasteiger partial charge in [0.2, 0.25) is 0 Å². The molecule has 0 amide bonds. The van der Waals surface area contributed by atoms with E-state index < -0.39 is 0 Å². The summed E-state index contributed by atoms with van der Waals surface area (Å²) in [5.74, 6) is 0. The Kier molecular flexibility index (Phi) is 4.18. The molecule has 1 unspecified atom stereocenters. The Morgan fingerprint density at radius 3 is 2.28 bits per heavy atom. The summed E-state index contributed by atoms with van der Waals surface area (Å²) in [5.41, 5.74) is 9.03. The van der Waals surface area contributed by atoms with Crippen LogP contribution in [-0.4, -0.2) is 0 Å². The average Bonchev–Trinajstić information content (AvgIpc) is 2.32. The van der Waals surface area contributed by atoms with Crippen molar-refractivity contribution in [1.82, 2.24) is 0 Å². The number of benzene rings is 2. The molecule has 0 heterocycles. The van der Waals surface area contributed by atoms with E-state index in [9.17, 15) is 0 Å². The van der Waals surface area contributed by atoms with Crippen molar-refractivity contribution in [3.63, 3.8) is 0 Å². The van der Waals surface area contributed by atoms with Crippen molar-refractivity contribution in [2.24, 2.45) is 5.73 Å². The Hall–Kier alpha value is -0.730. The topological polar surface area (TPSA) is 26.0 Å². The molecule has 1 atom stereocenters. The van der Waals surface area contributed by atoms with Crippen LogP contribution >= 0.6 is 34.8 Å². The van der Waals surface area contributed by atoms with Crippen molar-refractivity contribution in [2.45, 2.75) is 13.0 Å². The lowest BCUT2D eigenvalue weighted by Crippen LogP contribution is -2.12. The van der Waals surface area contributed by atoms with Gasteiger partial charge in [0, 0.05) is 15.1 Å². The summed E-state index contributed by atoms with van der Waals surface area (Å²) in [4.78, 5) is 0. The molecule has 0 spiro atoms. The molecule has 0 aliphatic heterocycles. The van der Waals surface area contributed by atoms with Gasteiger partial charge in [-0.15, -0.1) is 0 Å². The lowest BCUT2D eigenvalue weighted by molar-refractivity contribution is 0.870. The summed E-state index contributed by atoms with van der Waals surface area (Å²) >= 11 is 18.0. The van der Waals surface area contributed by atoms with Gasteiger partial charge in [-0.3, -0.25) is 0 Å². The molecule has 0 fully saturated rings. The van der Waals surface area contributed by atoms with Gasteiger partial charge in [-0.1, -0.05) is 53.0 Å². The third kappa shape index (κ3) is 2.81. The molecular formula is C14H12Cl3N. The summed E-state index contributed by atoms with van der Waals surface area (Å²) in [7, 11) is 0. The van der Waals surface area contributed by atoms with E-state index >= 15 is 0 Å². The number of nitrogens with two attached hydrogens (primary N) is 1. The molecule has 1 nitrogen and oxygen atoms in total. The van der Waals surface area contributed by atoms with Crippen molar-refractivity contribution in [3.05, 3.63) is 68.2 Å². The Labute approximate surface area is 121 Å². The van der Waals surface area contributed by atoms with Crippen LogP contribution in [0, 0.1) is 6.92 Å². The maximum Gasteiger partial charge on any atom is 0.0566 e. The molecule has 2 aromatic carbocycles. The van der Waals surface area contributed by atoms with Crippen LogP contribution in [0.25, 0.3) is 0 Å². The lowest BCUT2D eigenvalue weighted by atomic mass is 9.98. The number of hydrogen-bond acceptors (Lipinski definition) is 1. The number of rotatable bonds is 2. The molecule has 0 aliphatic rings. The lowest BCUT2D eigenvalue weighted by Gasteiger charge is -2.15. The minimum Gasteiger partial charge on any atom is -0.320 e. The van der Waals surface area contributed by atoms with Gasteiger partial charge in [0.1, 0.15) is 0 Å². The van der Waals surface area contributed by atoms with E-state index in [-0.39, 0.29) is 6.04 Å². The van der Waals surface area contributed by atoms with Gasteiger partial charge in [-0.2, -0.15) is 0 Å². The number of hydrogen-bond donors (Lipinski definition) is 1. The first-order valence-corrected chi connectivity index (χ1v) is 6.59. The Bertz CT molecular complexity index is 581. The zero-order valence-corrected chi connectivity index (χ0v) is 12.0. The largest absolute Gasteiger partial charge is 0.320 e. The summed E-state index contributed by atoms with van der Waals surface area (Å²) in [6.45, 7) is 1.95. The highest BCUT2D eigenvalue weighted by Gasteiger charge is 2.13. The van der Waals surface area contributed by atoms with Crippen molar-refractivity contribution in [3.8, 4) is 0 Å². The molecule has 94 valence electrons. The zero-order valence-electron chi connectivity index (χ0n) is 9.75. The molecule has 0 aliphatic carbocycles. The summed E-state index contributed by atoms with van der Waals surface area (Å²) in [6, 6.07) is 10.8. The van der Waals surface area contributed by atoms with Crippen LogP contribution in [0.2, 0.25) is 15.1 Å². The van der Waals surface area contributed by atoms with E-state index in [4.69, 9.17) is 40.5 Å². The van der Waals surface area contributed by atoms with Crippen LogP contribution in [0.4, 0.5) is 0 Å². The minimum atomic E-state index is -0.286. The molecule has 0 saturated carbocycles. The standard InChI is InChI=1S/C14H12Cl3N/c1-8-6-9(2-5-12(8)16)14(18)11-4-3-10(15)7-13(11)17/h2-7,14H,18H2,1H3. The number of halogens is 3. The molecule has 2 rings (SSSR count). The highest BCUT2D eigenvalue weighted by molar-refractivity contribution is 6.35. The molecule has 4 heteroatoms. The molecule has 0 aromatic heterocycles. The fraction of sp³-hybridized carbons (Fsp3) is 0.143. The van der Waals surface area contributed by atoms with E-state index in [0.717, 1.165) is 21.7 Å². The van der Waals surface area contributed by atoms with Crippen molar-refractivity contribution in [2.75, 3.05) is 0 Å². The van der Waals surface area contributed by atoms with Gasteiger partial charge in [0.25, 0.3) is 0 Å². The van der Waals surface area contributed by atoms with Crippen molar-refractivity contribution in [1.29, 1.82) is 0 Å². The maximum absolute atomic E-state index is 6.22. The van der Waals surface area contributed by atoms with E-state index in [1.165, 1.54) is 0 Å². The van der Waals surface area contributed by atoms with Crippen LogP contribution in [0.3, 0.4) is 0 Å². The zero-order chi connectivity index (χ0) is 13.3. The summed E-state index contributed by atoms with van der Waals surface area (Å²) in [5, 5.41) is 1.90. The minimum absolute atomic E-state index is 0.286. The third-order valence-electron chi connectivity index (χ3n) is 2.84. The quantitative estimate of drug-likeness (QED) is 0.829. The first kappa shape index (κ1) is 13.7. The van der Waals surface area contributed by atoms with E-state index in [1.54, 1.807) is 12.1 Å². The first-order valence-electron chi connectivity index (χ1n) is 5.45. The van der Waals surface area contributed by atoms with Crippen LogP contribution in [0.5, 0.6) is 0 Å². The third-order valence-corrected chi connectivity index (χ3v) is 3.83. The second-order valence-electron chi connectivity index (χ2n) is 4.15. The van der Waals surface area contributed by atoms with Crippen molar-refractivity contribution < 1.29 is 0 Å². The Morgan fingerprint density at radius 2 is 1.67 bits per heavy atom. The summed E-state index contributed by atoms with van der Waals surface area (Å²) < 4.78 is 0. The van der Waals surface area contributed by atoms with E-state index in [2.05, 4.69) is 0 Å². The maximum atomic E-state index is 6.22. The number of aryl methyl sites for hydroxylation is 1. The van der Waals surface area contributed by atoms with E-state index in [0.29, 0.717) is 10.0 Å². The molecule has 18 heavy (non-hydrogen) atoms. The van der Waals surface area contributed by atoms with Gasteiger partial charge in [0.05, 0.1) is 6.04 Å². The SMILES string of the molecule is Cc1cc(C(N)c2ccc(Cl)cc2Cl)ccc1Cl.